The quantitative estimate of drug-likeness (QED) is 0.767. The van der Waals surface area contributed by atoms with Gasteiger partial charge in [0, 0.05) is 53.4 Å². The number of rotatable bonds is 4. The van der Waals surface area contributed by atoms with E-state index >= 15 is 0 Å². The standard InChI is InChI=1S/C16H24N6O3S/c1-19(2)16(23)13-10-18-22-14(7-8-17-15(13)22)12-6-5-9-21(11-12)26(24,25)20(3)4/h7-8,10,12H,5-6,9,11H2,1-4H3/t12-/m0/s1. The Morgan fingerprint density at radius 2 is 2.00 bits per heavy atom. The zero-order chi connectivity index (χ0) is 19.1. The van der Waals surface area contributed by atoms with Crippen LogP contribution >= 0.6 is 0 Å². The zero-order valence-corrected chi connectivity index (χ0v) is 16.3. The summed E-state index contributed by atoms with van der Waals surface area (Å²) in [5.74, 6) is -0.170. The highest BCUT2D eigenvalue weighted by Gasteiger charge is 2.32. The van der Waals surface area contributed by atoms with Crippen molar-refractivity contribution < 1.29 is 13.2 Å². The Labute approximate surface area is 153 Å². The number of fused-ring (bicyclic) bond motifs is 1. The maximum Gasteiger partial charge on any atom is 0.281 e. The highest BCUT2D eigenvalue weighted by molar-refractivity contribution is 7.86. The van der Waals surface area contributed by atoms with Crippen molar-refractivity contribution in [3.8, 4) is 0 Å². The van der Waals surface area contributed by atoms with E-state index in [1.165, 1.54) is 33.8 Å². The Kier molecular flexibility index (Phi) is 5.00. The van der Waals surface area contributed by atoms with E-state index in [-0.39, 0.29) is 11.8 Å². The molecule has 1 saturated heterocycles. The molecule has 9 nitrogen and oxygen atoms in total. The molecule has 26 heavy (non-hydrogen) atoms. The van der Waals surface area contributed by atoms with Gasteiger partial charge >= 0.3 is 0 Å². The Balaban J connectivity index is 1.97. The second kappa shape index (κ2) is 6.93. The van der Waals surface area contributed by atoms with Gasteiger partial charge in [-0.05, 0) is 18.9 Å². The minimum absolute atomic E-state index is 0.00816. The largest absolute Gasteiger partial charge is 0.345 e. The van der Waals surface area contributed by atoms with Crippen LogP contribution in [-0.4, -0.2) is 83.7 Å². The Morgan fingerprint density at radius 3 is 2.65 bits per heavy atom. The predicted octanol–water partition coefficient (Wildman–Crippen LogP) is 0.417. The fraction of sp³-hybridized carbons (Fsp3) is 0.562. The lowest BCUT2D eigenvalue weighted by Crippen LogP contribution is -2.45. The third-order valence-electron chi connectivity index (χ3n) is 4.66. The molecule has 0 aliphatic carbocycles. The van der Waals surface area contributed by atoms with Gasteiger partial charge in [0.05, 0.1) is 11.9 Å². The fourth-order valence-electron chi connectivity index (χ4n) is 3.24. The van der Waals surface area contributed by atoms with Crippen LogP contribution in [0.2, 0.25) is 0 Å². The molecule has 1 aliphatic rings. The number of nitrogens with zero attached hydrogens (tertiary/aromatic N) is 6. The van der Waals surface area contributed by atoms with Gasteiger partial charge in [-0.25, -0.2) is 9.50 Å². The van der Waals surface area contributed by atoms with E-state index in [9.17, 15) is 13.2 Å². The van der Waals surface area contributed by atoms with Crippen molar-refractivity contribution in [1.29, 1.82) is 0 Å². The van der Waals surface area contributed by atoms with Crippen LogP contribution in [0.1, 0.15) is 34.8 Å². The number of amides is 1. The number of aromatic nitrogens is 3. The van der Waals surface area contributed by atoms with Gasteiger partial charge in [-0.3, -0.25) is 4.79 Å². The lowest BCUT2D eigenvalue weighted by molar-refractivity contribution is 0.0829. The first-order valence-electron chi connectivity index (χ1n) is 8.45. The van der Waals surface area contributed by atoms with Crippen LogP contribution < -0.4 is 0 Å². The van der Waals surface area contributed by atoms with E-state index in [1.807, 2.05) is 6.07 Å². The van der Waals surface area contributed by atoms with Crippen molar-refractivity contribution in [2.45, 2.75) is 18.8 Å². The summed E-state index contributed by atoms with van der Waals surface area (Å²) in [6, 6.07) is 1.85. The number of hydrogen-bond donors (Lipinski definition) is 0. The first-order chi connectivity index (χ1) is 12.2. The van der Waals surface area contributed by atoms with Crippen LogP contribution in [0.5, 0.6) is 0 Å². The molecule has 142 valence electrons. The molecule has 3 rings (SSSR count). The second-order valence-corrected chi connectivity index (χ2v) is 8.99. The Hall–Kier alpha value is -2.04. The van der Waals surface area contributed by atoms with Gasteiger partial charge in [-0.15, -0.1) is 0 Å². The molecule has 0 unspecified atom stereocenters. The molecule has 0 radical (unpaired) electrons. The Morgan fingerprint density at radius 1 is 1.27 bits per heavy atom. The van der Waals surface area contributed by atoms with Gasteiger partial charge in [0.15, 0.2) is 5.65 Å². The first kappa shape index (κ1) is 18.7. The Bertz CT molecular complexity index is 921. The molecule has 0 bridgehead atoms. The van der Waals surface area contributed by atoms with Crippen LogP contribution in [-0.2, 0) is 10.2 Å². The number of hydrogen-bond acceptors (Lipinski definition) is 5. The van der Waals surface area contributed by atoms with Crippen molar-refractivity contribution in [1.82, 2.24) is 28.1 Å². The minimum atomic E-state index is -3.45. The minimum Gasteiger partial charge on any atom is -0.345 e. The molecular formula is C16H24N6O3S. The molecule has 1 atom stereocenters. The van der Waals surface area contributed by atoms with Crippen LogP contribution in [0.15, 0.2) is 18.5 Å². The van der Waals surface area contributed by atoms with Gasteiger partial charge in [0.1, 0.15) is 5.56 Å². The van der Waals surface area contributed by atoms with Crippen LogP contribution in [0.4, 0.5) is 0 Å². The molecule has 0 N–H and O–H groups in total. The van der Waals surface area contributed by atoms with Gasteiger partial charge in [-0.1, -0.05) is 0 Å². The highest BCUT2D eigenvalue weighted by Crippen LogP contribution is 2.29. The summed E-state index contributed by atoms with van der Waals surface area (Å²) in [4.78, 5) is 18.1. The maximum absolute atomic E-state index is 12.5. The normalized spacial score (nSPS) is 19.2. The molecule has 2 aromatic rings. The van der Waals surface area contributed by atoms with Crippen LogP contribution in [0.25, 0.3) is 5.65 Å². The maximum atomic E-state index is 12.5. The van der Waals surface area contributed by atoms with Gasteiger partial charge in [0.25, 0.3) is 16.1 Å². The van der Waals surface area contributed by atoms with E-state index in [2.05, 4.69) is 10.1 Å². The third kappa shape index (κ3) is 3.19. The van der Waals surface area contributed by atoms with Gasteiger partial charge in [-0.2, -0.15) is 22.1 Å². The molecule has 0 aromatic carbocycles. The zero-order valence-electron chi connectivity index (χ0n) is 15.5. The summed E-state index contributed by atoms with van der Waals surface area (Å²) in [6.45, 7) is 0.894. The van der Waals surface area contributed by atoms with E-state index < -0.39 is 10.2 Å². The molecule has 0 spiro atoms. The van der Waals surface area contributed by atoms with Crippen molar-refractivity contribution in [3.63, 3.8) is 0 Å². The SMILES string of the molecule is CN(C)C(=O)c1cnn2c([C@H]3CCCN(S(=O)(=O)N(C)C)C3)ccnc12. The lowest BCUT2D eigenvalue weighted by atomic mass is 9.96. The summed E-state index contributed by atoms with van der Waals surface area (Å²) in [5.41, 5.74) is 1.80. The first-order valence-corrected chi connectivity index (χ1v) is 9.85. The second-order valence-electron chi connectivity index (χ2n) is 6.85. The predicted molar refractivity (Wildman–Crippen MR) is 97.2 cm³/mol. The molecule has 1 fully saturated rings. The van der Waals surface area contributed by atoms with Crippen molar-refractivity contribution in [2.75, 3.05) is 41.3 Å². The van der Waals surface area contributed by atoms with E-state index in [0.717, 1.165) is 18.5 Å². The molecule has 1 amide bonds. The van der Waals surface area contributed by atoms with Crippen molar-refractivity contribution in [2.24, 2.45) is 0 Å². The molecule has 0 saturated carbocycles. The summed E-state index contributed by atoms with van der Waals surface area (Å²) < 4.78 is 29.3. The smallest absolute Gasteiger partial charge is 0.281 e. The van der Waals surface area contributed by atoms with Gasteiger partial charge in [0.2, 0.25) is 0 Å². The molecule has 2 aromatic heterocycles. The summed E-state index contributed by atoms with van der Waals surface area (Å²) in [6.07, 6.45) is 4.80. The number of carbonyl (C=O) groups is 1. The van der Waals surface area contributed by atoms with Crippen LogP contribution in [0.3, 0.4) is 0 Å². The summed E-state index contributed by atoms with van der Waals surface area (Å²) in [7, 11) is 2.99. The molecular weight excluding hydrogens is 356 g/mol. The fourth-order valence-corrected chi connectivity index (χ4v) is 4.43. The average molecular weight is 380 g/mol. The molecule has 1 aliphatic heterocycles. The van der Waals surface area contributed by atoms with E-state index in [1.54, 1.807) is 24.8 Å². The average Bonchev–Trinajstić information content (AvgIpc) is 3.04. The van der Waals surface area contributed by atoms with Gasteiger partial charge < -0.3 is 4.90 Å². The number of piperidine rings is 1. The third-order valence-corrected chi connectivity index (χ3v) is 6.56. The molecule has 10 heteroatoms. The summed E-state index contributed by atoms with van der Waals surface area (Å²) in [5, 5.41) is 4.35. The van der Waals surface area contributed by atoms with Crippen molar-refractivity contribution in [3.05, 3.63) is 29.7 Å². The monoisotopic (exact) mass is 380 g/mol. The van der Waals surface area contributed by atoms with E-state index in [0.29, 0.717) is 24.3 Å². The number of carbonyl (C=O) groups excluding carboxylic acids is 1. The van der Waals surface area contributed by atoms with E-state index in [4.69, 9.17) is 0 Å². The topological polar surface area (TPSA) is 91.1 Å². The van der Waals surface area contributed by atoms with Crippen LogP contribution in [0, 0.1) is 0 Å². The highest BCUT2D eigenvalue weighted by atomic mass is 32.2. The lowest BCUT2D eigenvalue weighted by Gasteiger charge is -2.33. The molecule has 3 heterocycles. The summed E-state index contributed by atoms with van der Waals surface area (Å²) >= 11 is 0. The van der Waals surface area contributed by atoms with Crippen molar-refractivity contribution >= 4 is 21.8 Å².